The van der Waals surface area contributed by atoms with Gasteiger partial charge in [0.1, 0.15) is 0 Å². The first-order valence-corrected chi connectivity index (χ1v) is 7.44. The average molecular weight is 225 g/mol. The molecule has 1 aliphatic carbocycles. The fourth-order valence-electron chi connectivity index (χ4n) is 2.94. The minimum atomic E-state index is 0.738. The molecule has 0 saturated heterocycles. The Bertz CT molecular complexity index is 166. The zero-order valence-corrected chi connectivity index (χ0v) is 11.8. The highest BCUT2D eigenvalue weighted by atomic mass is 15.2. The van der Waals surface area contributed by atoms with E-state index in [4.69, 9.17) is 0 Å². The van der Waals surface area contributed by atoms with Crippen molar-refractivity contribution in [3.05, 3.63) is 0 Å². The van der Waals surface area contributed by atoms with Crippen LogP contribution in [0, 0.1) is 5.92 Å². The SMILES string of the molecule is CCCC(CCC)CN(C(C)C)C1CCC1. The normalized spacial score (nSPS) is 17.4. The molecule has 0 spiro atoms. The van der Waals surface area contributed by atoms with Gasteiger partial charge in [0.15, 0.2) is 0 Å². The Morgan fingerprint density at radius 2 is 1.62 bits per heavy atom. The second-order valence-corrected chi connectivity index (χ2v) is 5.82. The molecule has 1 rings (SSSR count). The molecule has 0 radical (unpaired) electrons. The van der Waals surface area contributed by atoms with E-state index < -0.39 is 0 Å². The van der Waals surface area contributed by atoms with Gasteiger partial charge in [0.05, 0.1) is 0 Å². The van der Waals surface area contributed by atoms with Crippen LogP contribution in [0.15, 0.2) is 0 Å². The summed E-state index contributed by atoms with van der Waals surface area (Å²) in [5.41, 5.74) is 0. The van der Waals surface area contributed by atoms with Gasteiger partial charge in [-0.1, -0.05) is 33.1 Å². The number of nitrogens with zero attached hydrogens (tertiary/aromatic N) is 1. The third-order valence-electron chi connectivity index (χ3n) is 4.07. The summed E-state index contributed by atoms with van der Waals surface area (Å²) in [4.78, 5) is 2.78. The van der Waals surface area contributed by atoms with Crippen LogP contribution in [0.2, 0.25) is 0 Å². The van der Waals surface area contributed by atoms with E-state index in [9.17, 15) is 0 Å². The summed E-state index contributed by atoms with van der Waals surface area (Å²) in [6.07, 6.45) is 9.89. The van der Waals surface area contributed by atoms with Crippen LogP contribution in [-0.2, 0) is 0 Å². The predicted molar refractivity (Wildman–Crippen MR) is 72.8 cm³/mol. The summed E-state index contributed by atoms with van der Waals surface area (Å²) in [6.45, 7) is 10.7. The van der Waals surface area contributed by atoms with Crippen molar-refractivity contribution < 1.29 is 0 Å². The first-order chi connectivity index (χ1) is 7.69. The van der Waals surface area contributed by atoms with E-state index in [0.29, 0.717) is 0 Å². The smallest absolute Gasteiger partial charge is 0.00980 e. The fourth-order valence-corrected chi connectivity index (χ4v) is 2.94. The first-order valence-electron chi connectivity index (χ1n) is 7.44. The van der Waals surface area contributed by atoms with E-state index in [-0.39, 0.29) is 0 Å². The molecular weight excluding hydrogens is 194 g/mol. The lowest BCUT2D eigenvalue weighted by molar-refractivity contribution is 0.0724. The summed E-state index contributed by atoms with van der Waals surface area (Å²) in [6, 6.07) is 1.65. The Morgan fingerprint density at radius 1 is 1.06 bits per heavy atom. The van der Waals surface area contributed by atoms with Gasteiger partial charge in [-0.15, -0.1) is 0 Å². The predicted octanol–water partition coefficient (Wildman–Crippen LogP) is 4.47. The summed E-state index contributed by atoms with van der Waals surface area (Å²) in [5.74, 6) is 0.943. The molecule has 0 aromatic carbocycles. The summed E-state index contributed by atoms with van der Waals surface area (Å²) in [7, 11) is 0. The molecule has 0 aromatic rings. The van der Waals surface area contributed by atoms with Crippen molar-refractivity contribution in [1.82, 2.24) is 4.90 Å². The van der Waals surface area contributed by atoms with Gasteiger partial charge in [-0.05, 0) is 45.4 Å². The molecule has 0 atom stereocenters. The number of hydrogen-bond acceptors (Lipinski definition) is 1. The van der Waals surface area contributed by atoms with Crippen LogP contribution in [0.1, 0.15) is 72.6 Å². The highest BCUT2D eigenvalue weighted by Gasteiger charge is 2.28. The van der Waals surface area contributed by atoms with Crippen LogP contribution in [0.25, 0.3) is 0 Å². The third kappa shape index (κ3) is 4.08. The highest BCUT2D eigenvalue weighted by Crippen LogP contribution is 2.28. The van der Waals surface area contributed by atoms with Gasteiger partial charge in [0.2, 0.25) is 0 Å². The molecule has 0 unspecified atom stereocenters. The topological polar surface area (TPSA) is 3.24 Å². The molecule has 0 heterocycles. The Kier molecular flexibility index (Phi) is 6.41. The van der Waals surface area contributed by atoms with Crippen LogP contribution in [0.3, 0.4) is 0 Å². The summed E-state index contributed by atoms with van der Waals surface area (Å²) in [5, 5.41) is 0. The molecule has 0 aromatic heterocycles. The van der Waals surface area contributed by atoms with Crippen molar-refractivity contribution in [1.29, 1.82) is 0 Å². The van der Waals surface area contributed by atoms with Crippen LogP contribution in [0.4, 0.5) is 0 Å². The van der Waals surface area contributed by atoms with E-state index in [0.717, 1.165) is 18.0 Å². The van der Waals surface area contributed by atoms with Crippen LogP contribution < -0.4 is 0 Å². The van der Waals surface area contributed by atoms with Gasteiger partial charge in [-0.25, -0.2) is 0 Å². The van der Waals surface area contributed by atoms with Crippen molar-refractivity contribution in [2.24, 2.45) is 5.92 Å². The zero-order valence-electron chi connectivity index (χ0n) is 11.8. The average Bonchev–Trinajstić information content (AvgIpc) is 2.14. The maximum Gasteiger partial charge on any atom is 0.00980 e. The second-order valence-electron chi connectivity index (χ2n) is 5.82. The van der Waals surface area contributed by atoms with E-state index >= 15 is 0 Å². The highest BCUT2D eigenvalue weighted by molar-refractivity contribution is 4.83. The van der Waals surface area contributed by atoms with Gasteiger partial charge in [-0.3, -0.25) is 4.90 Å². The van der Waals surface area contributed by atoms with E-state index in [1.165, 1.54) is 51.5 Å². The Hall–Kier alpha value is -0.0400. The molecule has 96 valence electrons. The van der Waals surface area contributed by atoms with Gasteiger partial charge in [-0.2, -0.15) is 0 Å². The maximum atomic E-state index is 2.78. The zero-order chi connectivity index (χ0) is 12.0. The van der Waals surface area contributed by atoms with Crippen LogP contribution >= 0.6 is 0 Å². The maximum absolute atomic E-state index is 2.78. The molecule has 1 saturated carbocycles. The van der Waals surface area contributed by atoms with E-state index in [1.807, 2.05) is 0 Å². The van der Waals surface area contributed by atoms with Crippen molar-refractivity contribution in [3.63, 3.8) is 0 Å². The van der Waals surface area contributed by atoms with Crippen molar-refractivity contribution in [2.45, 2.75) is 84.7 Å². The van der Waals surface area contributed by atoms with E-state index in [2.05, 4.69) is 32.6 Å². The number of hydrogen-bond donors (Lipinski definition) is 0. The molecule has 16 heavy (non-hydrogen) atoms. The molecule has 0 N–H and O–H groups in total. The quantitative estimate of drug-likeness (QED) is 0.589. The van der Waals surface area contributed by atoms with Crippen molar-refractivity contribution in [2.75, 3.05) is 6.54 Å². The Labute approximate surface area is 103 Å². The van der Waals surface area contributed by atoms with E-state index in [1.54, 1.807) is 0 Å². The largest absolute Gasteiger partial charge is 0.298 e. The monoisotopic (exact) mass is 225 g/mol. The summed E-state index contributed by atoms with van der Waals surface area (Å²) >= 11 is 0. The summed E-state index contributed by atoms with van der Waals surface area (Å²) < 4.78 is 0. The Morgan fingerprint density at radius 3 is 1.94 bits per heavy atom. The molecule has 1 aliphatic rings. The number of rotatable bonds is 8. The molecule has 1 nitrogen and oxygen atoms in total. The second kappa shape index (κ2) is 7.32. The van der Waals surface area contributed by atoms with Gasteiger partial charge >= 0.3 is 0 Å². The molecular formula is C15H31N. The van der Waals surface area contributed by atoms with Crippen molar-refractivity contribution in [3.8, 4) is 0 Å². The first kappa shape index (κ1) is 14.0. The van der Waals surface area contributed by atoms with Gasteiger partial charge < -0.3 is 0 Å². The third-order valence-corrected chi connectivity index (χ3v) is 4.07. The minimum absolute atomic E-state index is 0.738. The lowest BCUT2D eigenvalue weighted by Gasteiger charge is -2.42. The fraction of sp³-hybridized carbons (Fsp3) is 1.00. The van der Waals surface area contributed by atoms with Crippen LogP contribution in [-0.4, -0.2) is 23.5 Å². The molecule has 1 fully saturated rings. The minimum Gasteiger partial charge on any atom is -0.298 e. The van der Waals surface area contributed by atoms with Crippen molar-refractivity contribution >= 4 is 0 Å². The lowest BCUT2D eigenvalue weighted by atomic mass is 9.88. The molecule has 0 amide bonds. The van der Waals surface area contributed by atoms with Gasteiger partial charge in [0.25, 0.3) is 0 Å². The molecule has 0 aliphatic heterocycles. The Balaban J connectivity index is 2.43. The lowest BCUT2D eigenvalue weighted by Crippen LogP contribution is -2.46. The molecule has 0 bridgehead atoms. The van der Waals surface area contributed by atoms with Crippen LogP contribution in [0.5, 0.6) is 0 Å². The standard InChI is InChI=1S/C15H31N/c1-5-8-14(9-6-2)12-16(13(3)4)15-10-7-11-15/h13-15H,5-12H2,1-4H3. The van der Waals surface area contributed by atoms with Gasteiger partial charge in [0, 0.05) is 18.6 Å². The molecule has 1 heteroatoms.